The van der Waals surface area contributed by atoms with Crippen molar-refractivity contribution in [2.45, 2.75) is 40.2 Å². The van der Waals surface area contributed by atoms with Crippen LogP contribution < -0.4 is 4.74 Å². The van der Waals surface area contributed by atoms with E-state index in [4.69, 9.17) is 9.47 Å². The highest BCUT2D eigenvalue weighted by atomic mass is 32.3. The molecule has 0 N–H and O–H groups in total. The maximum Gasteiger partial charge on any atom is 0.199 e. The Kier molecular flexibility index (Phi) is 5.51. The summed E-state index contributed by atoms with van der Waals surface area (Å²) in [6.45, 7) is 0.799. The molecule has 0 saturated carbocycles. The Morgan fingerprint density at radius 2 is 1.30 bits per heavy atom. The highest BCUT2D eigenvalue weighted by Gasteiger charge is 2.25. The lowest BCUT2D eigenvalue weighted by atomic mass is 10.2. The van der Waals surface area contributed by atoms with Crippen LogP contribution in [0.25, 0.3) is 0 Å². The second kappa shape index (κ2) is 8.20. The van der Waals surface area contributed by atoms with Crippen molar-refractivity contribution in [1.82, 2.24) is 0 Å². The second-order valence-corrected chi connectivity index (χ2v) is 10.2. The summed E-state index contributed by atoms with van der Waals surface area (Å²) in [5, 5.41) is 0. The first-order chi connectivity index (χ1) is 13.3. The Hall–Kier alpha value is -2.23. The van der Waals surface area contributed by atoms with Crippen LogP contribution in [0.15, 0.2) is 99.6 Å². The number of ether oxygens (including phenoxy) is 2. The first kappa shape index (κ1) is 18.1. The second-order valence-electron chi connectivity index (χ2n) is 6.93. The van der Waals surface area contributed by atoms with Crippen molar-refractivity contribution >= 4 is 10.0 Å². The highest BCUT2D eigenvalue weighted by Crippen LogP contribution is 2.65. The molecule has 140 valence electrons. The van der Waals surface area contributed by atoms with Gasteiger partial charge in [0.15, 0.2) is 6.29 Å². The molecular formula is C24H26O2S. The van der Waals surface area contributed by atoms with E-state index in [1.165, 1.54) is 21.1 Å². The fraction of sp³-hybridized carbons (Fsp3) is 0.250. The first-order valence-electron chi connectivity index (χ1n) is 9.54. The fourth-order valence-corrected chi connectivity index (χ4v) is 6.44. The lowest BCUT2D eigenvalue weighted by molar-refractivity contribution is -0.105. The van der Waals surface area contributed by atoms with E-state index in [0.29, 0.717) is 0 Å². The van der Waals surface area contributed by atoms with Crippen LogP contribution in [0, 0.1) is 0 Å². The molecule has 1 unspecified atom stereocenters. The average molecular weight is 379 g/mol. The molecule has 1 aliphatic rings. The summed E-state index contributed by atoms with van der Waals surface area (Å²) in [5.41, 5.74) is 0. The van der Waals surface area contributed by atoms with Gasteiger partial charge < -0.3 is 9.47 Å². The number of hydrogen-bond donors (Lipinski definition) is 0. The molecule has 0 spiro atoms. The van der Waals surface area contributed by atoms with Gasteiger partial charge in [-0.3, -0.25) is 0 Å². The van der Waals surface area contributed by atoms with Gasteiger partial charge in [-0.25, -0.2) is 0 Å². The van der Waals surface area contributed by atoms with Crippen LogP contribution in [0.3, 0.4) is 0 Å². The molecule has 0 aliphatic carbocycles. The molecule has 1 atom stereocenters. The molecule has 0 aromatic heterocycles. The minimum atomic E-state index is -1.31. The van der Waals surface area contributed by atoms with Crippen LogP contribution in [0.5, 0.6) is 5.75 Å². The summed E-state index contributed by atoms with van der Waals surface area (Å²) in [5.74, 6) is 0.883. The third kappa shape index (κ3) is 3.90. The van der Waals surface area contributed by atoms with Gasteiger partial charge in [0.2, 0.25) is 0 Å². The molecule has 0 amide bonds. The van der Waals surface area contributed by atoms with Gasteiger partial charge in [0.05, 0.1) is 6.61 Å². The molecule has 3 aromatic carbocycles. The zero-order chi connectivity index (χ0) is 18.5. The minimum absolute atomic E-state index is 0.105. The van der Waals surface area contributed by atoms with Gasteiger partial charge in [-0.2, -0.15) is 10.0 Å². The molecule has 0 radical (unpaired) electrons. The Bertz CT molecular complexity index is 801. The molecule has 1 aliphatic heterocycles. The molecule has 27 heavy (non-hydrogen) atoms. The van der Waals surface area contributed by atoms with E-state index in [9.17, 15) is 0 Å². The van der Waals surface area contributed by atoms with Gasteiger partial charge in [0.25, 0.3) is 0 Å². The molecule has 1 saturated heterocycles. The number of benzene rings is 3. The van der Waals surface area contributed by atoms with Crippen molar-refractivity contribution in [2.24, 2.45) is 0 Å². The van der Waals surface area contributed by atoms with Gasteiger partial charge >= 0.3 is 0 Å². The summed E-state index contributed by atoms with van der Waals surface area (Å²) in [6.07, 6.45) is 5.55. The summed E-state index contributed by atoms with van der Waals surface area (Å²) < 4.78 is 11.7. The topological polar surface area (TPSA) is 18.5 Å². The van der Waals surface area contributed by atoms with Crippen LogP contribution in [-0.4, -0.2) is 19.2 Å². The Morgan fingerprint density at radius 1 is 0.741 bits per heavy atom. The van der Waals surface area contributed by atoms with Crippen LogP contribution in [0.2, 0.25) is 0 Å². The van der Waals surface area contributed by atoms with Crippen LogP contribution in [0.4, 0.5) is 0 Å². The lowest BCUT2D eigenvalue weighted by Crippen LogP contribution is -2.24. The van der Waals surface area contributed by atoms with E-state index in [0.717, 1.165) is 25.2 Å². The van der Waals surface area contributed by atoms with Crippen LogP contribution >= 0.6 is 10.0 Å². The van der Waals surface area contributed by atoms with E-state index in [-0.39, 0.29) is 6.29 Å². The average Bonchev–Trinajstić information content (AvgIpc) is 2.76. The maximum absolute atomic E-state index is 6.02. The van der Waals surface area contributed by atoms with Gasteiger partial charge in [-0.1, -0.05) is 36.4 Å². The Morgan fingerprint density at radius 3 is 1.81 bits per heavy atom. The largest absolute Gasteiger partial charge is 0.465 e. The molecular weight excluding hydrogens is 352 g/mol. The van der Waals surface area contributed by atoms with E-state index in [1.54, 1.807) is 0 Å². The van der Waals surface area contributed by atoms with Crippen LogP contribution in [-0.2, 0) is 4.74 Å². The lowest BCUT2D eigenvalue weighted by Gasteiger charge is -2.37. The number of hydrogen-bond acceptors (Lipinski definition) is 2. The third-order valence-electron chi connectivity index (χ3n) is 5.13. The Balaban J connectivity index is 1.66. The van der Waals surface area contributed by atoms with E-state index < -0.39 is 10.0 Å². The zero-order valence-electron chi connectivity index (χ0n) is 15.7. The molecule has 1 heterocycles. The van der Waals surface area contributed by atoms with Crippen molar-refractivity contribution in [3.8, 4) is 5.75 Å². The monoisotopic (exact) mass is 378 g/mol. The predicted octanol–water partition coefficient (Wildman–Crippen LogP) is 6.50. The minimum Gasteiger partial charge on any atom is -0.465 e. The fourth-order valence-electron chi connectivity index (χ4n) is 3.54. The Labute approximate surface area is 163 Å². The molecule has 4 rings (SSSR count). The summed E-state index contributed by atoms with van der Waals surface area (Å²) in [4.78, 5) is 4.05. The smallest absolute Gasteiger partial charge is 0.199 e. The molecule has 3 heteroatoms. The molecule has 3 aromatic rings. The zero-order valence-corrected chi connectivity index (χ0v) is 16.5. The first-order valence-corrected chi connectivity index (χ1v) is 11.6. The van der Waals surface area contributed by atoms with Crippen molar-refractivity contribution in [3.05, 3.63) is 84.9 Å². The summed E-state index contributed by atoms with van der Waals surface area (Å²) in [7, 11) is -1.31. The van der Waals surface area contributed by atoms with Crippen molar-refractivity contribution in [3.63, 3.8) is 0 Å². The predicted molar refractivity (Wildman–Crippen MR) is 112 cm³/mol. The van der Waals surface area contributed by atoms with Crippen molar-refractivity contribution in [2.75, 3.05) is 12.9 Å². The van der Waals surface area contributed by atoms with Crippen molar-refractivity contribution in [1.29, 1.82) is 0 Å². The van der Waals surface area contributed by atoms with Gasteiger partial charge in [0, 0.05) is 6.42 Å². The van der Waals surface area contributed by atoms with E-state index >= 15 is 0 Å². The van der Waals surface area contributed by atoms with Crippen LogP contribution in [0.1, 0.15) is 19.3 Å². The highest BCUT2D eigenvalue weighted by molar-refractivity contribution is 8.33. The normalized spacial score (nSPS) is 18.0. The van der Waals surface area contributed by atoms with Gasteiger partial charge in [0.1, 0.15) is 5.75 Å². The van der Waals surface area contributed by atoms with Crippen molar-refractivity contribution < 1.29 is 9.47 Å². The van der Waals surface area contributed by atoms with Gasteiger partial charge in [-0.15, -0.1) is 0 Å². The third-order valence-corrected chi connectivity index (χ3v) is 8.77. The summed E-state index contributed by atoms with van der Waals surface area (Å²) >= 11 is 0. The standard InChI is InChI=1S/C24H26O2S/c1-27(21-10-4-2-5-11-21,22-12-6-3-7-13-22)23-17-15-20(16-18-23)26-24-14-8-9-19-25-24/h2-7,10-13,15-18,24H,8-9,14,19H2,1H3. The molecule has 0 bridgehead atoms. The molecule has 2 nitrogen and oxygen atoms in total. The van der Waals surface area contributed by atoms with E-state index in [2.05, 4.69) is 91.2 Å². The SMILES string of the molecule is CS(c1ccccc1)(c1ccccc1)c1ccc(OC2CCCCO2)cc1. The molecule has 1 fully saturated rings. The number of rotatable bonds is 5. The van der Waals surface area contributed by atoms with E-state index in [1.807, 2.05) is 0 Å². The quantitative estimate of drug-likeness (QED) is 0.504. The van der Waals surface area contributed by atoms with Gasteiger partial charge in [-0.05, 0) is 82.3 Å². The maximum atomic E-state index is 6.02. The summed E-state index contributed by atoms with van der Waals surface area (Å²) in [6, 6.07) is 30.2.